The quantitative estimate of drug-likeness (QED) is 0.423. The second kappa shape index (κ2) is 10.1. The van der Waals surface area contributed by atoms with Crippen molar-refractivity contribution >= 4 is 18.0 Å². The van der Waals surface area contributed by atoms with Crippen LogP contribution in [0.4, 0.5) is 4.79 Å². The molecule has 0 saturated heterocycles. The van der Waals surface area contributed by atoms with Crippen molar-refractivity contribution in [1.82, 2.24) is 10.8 Å². The van der Waals surface area contributed by atoms with Gasteiger partial charge in [0.15, 0.2) is 6.10 Å². The summed E-state index contributed by atoms with van der Waals surface area (Å²) in [5.74, 6) is -1.67. The van der Waals surface area contributed by atoms with Crippen LogP contribution in [0.15, 0.2) is 48.5 Å². The number of rotatable bonds is 11. The van der Waals surface area contributed by atoms with Gasteiger partial charge < -0.3 is 15.2 Å². The highest BCUT2D eigenvalue weighted by molar-refractivity contribution is 5.80. The lowest BCUT2D eigenvalue weighted by Gasteiger charge is -2.19. The molecule has 3 aliphatic rings. The first-order valence-corrected chi connectivity index (χ1v) is 12.3. The number of hydrogen-bond donors (Lipinski definition) is 3. The molecular formula is C27H30N2O6. The minimum absolute atomic E-state index is 0.0394. The van der Waals surface area contributed by atoms with Gasteiger partial charge in [0.1, 0.15) is 6.61 Å². The number of carbonyl (C=O) groups excluding carboxylic acids is 2. The molecule has 2 aromatic carbocycles. The predicted octanol–water partition coefficient (Wildman–Crippen LogP) is 3.85. The number of amides is 2. The number of fused-ring (bicyclic) bond motifs is 3. The number of nitrogens with one attached hydrogen (secondary N) is 2. The van der Waals surface area contributed by atoms with Gasteiger partial charge in [0, 0.05) is 12.5 Å². The summed E-state index contributed by atoms with van der Waals surface area (Å²) in [5, 5.41) is 12.0. The third kappa shape index (κ3) is 5.48. The average Bonchev–Trinajstić information content (AvgIpc) is 3.79. The third-order valence-corrected chi connectivity index (χ3v) is 7.10. The van der Waals surface area contributed by atoms with E-state index in [2.05, 4.69) is 35.1 Å². The van der Waals surface area contributed by atoms with E-state index in [9.17, 15) is 19.5 Å². The van der Waals surface area contributed by atoms with Crippen molar-refractivity contribution in [3.63, 3.8) is 0 Å². The van der Waals surface area contributed by atoms with E-state index in [1.54, 1.807) is 0 Å². The number of carboxylic acids is 1. The number of ether oxygens (including phenoxy) is 1. The van der Waals surface area contributed by atoms with Crippen molar-refractivity contribution < 1.29 is 29.1 Å². The molecule has 35 heavy (non-hydrogen) atoms. The van der Waals surface area contributed by atoms with Gasteiger partial charge in [-0.15, -0.1) is 0 Å². The summed E-state index contributed by atoms with van der Waals surface area (Å²) in [6.45, 7) is 0.299. The molecule has 2 saturated carbocycles. The summed E-state index contributed by atoms with van der Waals surface area (Å²) in [5.41, 5.74) is 6.91. The van der Waals surface area contributed by atoms with Gasteiger partial charge in [0.25, 0.3) is 0 Å². The summed E-state index contributed by atoms with van der Waals surface area (Å²) in [4.78, 5) is 41.8. The normalized spacial score (nSPS) is 18.2. The lowest BCUT2D eigenvalue weighted by molar-refractivity contribution is -0.163. The Hall–Kier alpha value is -3.39. The van der Waals surface area contributed by atoms with Crippen LogP contribution in [0.5, 0.6) is 0 Å². The molecule has 2 amide bonds. The first-order valence-electron chi connectivity index (χ1n) is 12.3. The summed E-state index contributed by atoms with van der Waals surface area (Å²) in [7, 11) is 0. The molecule has 0 radical (unpaired) electrons. The number of hydrogen-bond acceptors (Lipinski definition) is 5. The molecule has 0 aromatic heterocycles. The molecule has 0 spiro atoms. The highest BCUT2D eigenvalue weighted by atomic mass is 16.7. The van der Waals surface area contributed by atoms with E-state index in [1.165, 1.54) is 0 Å². The Balaban J connectivity index is 1.15. The van der Waals surface area contributed by atoms with E-state index < -0.39 is 30.0 Å². The van der Waals surface area contributed by atoms with Gasteiger partial charge in [-0.1, -0.05) is 61.4 Å². The summed E-state index contributed by atoms with van der Waals surface area (Å²) in [6, 6.07) is 16.3. The molecule has 2 fully saturated rings. The van der Waals surface area contributed by atoms with E-state index in [0.717, 1.165) is 47.9 Å². The van der Waals surface area contributed by atoms with Crippen molar-refractivity contribution in [2.75, 3.05) is 13.2 Å². The maximum absolute atomic E-state index is 12.7. The third-order valence-electron chi connectivity index (χ3n) is 7.10. The number of carboxylic acid groups (broad SMARTS) is 1. The molecule has 8 heteroatoms. The van der Waals surface area contributed by atoms with Gasteiger partial charge in [-0.2, -0.15) is 0 Å². The Morgan fingerprint density at radius 2 is 1.57 bits per heavy atom. The zero-order valence-corrected chi connectivity index (χ0v) is 19.4. The standard InChI is InChI=1S/C27H30N2O6/c30-25(29-35-24(26(31)32)17-11-12-17)18(13-16-9-10-16)14-28-27(33)34-15-23-21-7-3-1-5-19(21)20-6-2-4-8-22(20)23/h1-8,16-18,23-24H,9-15H2,(H,28,33)(H,29,30)(H,31,32). The zero-order chi connectivity index (χ0) is 24.4. The van der Waals surface area contributed by atoms with Gasteiger partial charge in [-0.3, -0.25) is 9.63 Å². The monoisotopic (exact) mass is 478 g/mol. The fourth-order valence-electron chi connectivity index (χ4n) is 4.85. The molecule has 0 aliphatic heterocycles. The average molecular weight is 479 g/mol. The van der Waals surface area contributed by atoms with Crippen LogP contribution < -0.4 is 10.8 Å². The highest BCUT2D eigenvalue weighted by Crippen LogP contribution is 2.44. The van der Waals surface area contributed by atoms with Crippen LogP contribution in [-0.2, 0) is 19.2 Å². The van der Waals surface area contributed by atoms with Crippen LogP contribution in [0.1, 0.15) is 49.1 Å². The van der Waals surface area contributed by atoms with E-state index >= 15 is 0 Å². The highest BCUT2D eigenvalue weighted by Gasteiger charge is 2.39. The Bertz CT molecular complexity index is 1060. The first kappa shape index (κ1) is 23.4. The van der Waals surface area contributed by atoms with Crippen LogP contribution in [0.2, 0.25) is 0 Å². The van der Waals surface area contributed by atoms with Crippen LogP contribution in [0.25, 0.3) is 11.1 Å². The largest absolute Gasteiger partial charge is 0.479 e. The Morgan fingerprint density at radius 3 is 2.14 bits per heavy atom. The minimum Gasteiger partial charge on any atom is -0.479 e. The maximum Gasteiger partial charge on any atom is 0.407 e. The van der Waals surface area contributed by atoms with E-state index in [0.29, 0.717) is 12.3 Å². The molecule has 8 nitrogen and oxygen atoms in total. The van der Waals surface area contributed by atoms with Gasteiger partial charge in [0.05, 0.1) is 5.92 Å². The first-order chi connectivity index (χ1) is 17.0. The predicted molar refractivity (Wildman–Crippen MR) is 127 cm³/mol. The molecule has 3 N–H and O–H groups in total. The number of aliphatic carboxylic acids is 1. The minimum atomic E-state index is -1.08. The summed E-state index contributed by atoms with van der Waals surface area (Å²) < 4.78 is 5.57. The van der Waals surface area contributed by atoms with Crippen molar-refractivity contribution in [1.29, 1.82) is 0 Å². The van der Waals surface area contributed by atoms with Crippen LogP contribution in [0.3, 0.4) is 0 Å². The molecule has 0 heterocycles. The van der Waals surface area contributed by atoms with E-state index in [4.69, 9.17) is 9.57 Å². The van der Waals surface area contributed by atoms with Crippen LogP contribution in [-0.4, -0.2) is 42.3 Å². The molecule has 3 aliphatic carbocycles. The van der Waals surface area contributed by atoms with Crippen molar-refractivity contribution in [3.8, 4) is 11.1 Å². The fraction of sp³-hybridized carbons (Fsp3) is 0.444. The number of hydroxylamine groups is 1. The lowest BCUT2D eigenvalue weighted by atomic mass is 9.98. The van der Waals surface area contributed by atoms with Crippen molar-refractivity contribution in [2.45, 2.75) is 44.1 Å². The fourth-order valence-corrected chi connectivity index (χ4v) is 4.85. The molecule has 2 atom stereocenters. The van der Waals surface area contributed by atoms with Gasteiger partial charge in [-0.25, -0.2) is 15.1 Å². The number of carbonyl (C=O) groups is 3. The Labute approximate surface area is 204 Å². The lowest BCUT2D eigenvalue weighted by Crippen LogP contribution is -2.42. The molecule has 2 unspecified atom stereocenters. The topological polar surface area (TPSA) is 114 Å². The Morgan fingerprint density at radius 1 is 0.943 bits per heavy atom. The SMILES string of the molecule is O=C(NCC(CC1CC1)C(=O)NOC(C(=O)O)C1CC1)OCC1c2ccccc2-c2ccccc21. The van der Waals surface area contributed by atoms with E-state index in [1.807, 2.05) is 24.3 Å². The summed E-state index contributed by atoms with van der Waals surface area (Å²) in [6.07, 6.45) is 2.66. The second-order valence-electron chi connectivity index (χ2n) is 9.76. The molecular weight excluding hydrogens is 448 g/mol. The maximum atomic E-state index is 12.7. The summed E-state index contributed by atoms with van der Waals surface area (Å²) >= 11 is 0. The van der Waals surface area contributed by atoms with Crippen molar-refractivity contribution in [2.24, 2.45) is 17.8 Å². The molecule has 2 aromatic rings. The molecule has 0 bridgehead atoms. The Kier molecular flexibility index (Phi) is 6.72. The van der Waals surface area contributed by atoms with Crippen LogP contribution >= 0.6 is 0 Å². The van der Waals surface area contributed by atoms with Gasteiger partial charge in [-0.05, 0) is 53.4 Å². The second-order valence-corrected chi connectivity index (χ2v) is 9.76. The zero-order valence-electron chi connectivity index (χ0n) is 19.4. The number of benzene rings is 2. The van der Waals surface area contributed by atoms with Gasteiger partial charge >= 0.3 is 12.1 Å². The van der Waals surface area contributed by atoms with Gasteiger partial charge in [0.2, 0.25) is 5.91 Å². The van der Waals surface area contributed by atoms with E-state index in [-0.39, 0.29) is 25.0 Å². The molecule has 184 valence electrons. The van der Waals surface area contributed by atoms with Crippen molar-refractivity contribution in [3.05, 3.63) is 59.7 Å². The molecule has 5 rings (SSSR count). The smallest absolute Gasteiger partial charge is 0.407 e. The number of alkyl carbamates (subject to hydrolysis) is 1. The van der Waals surface area contributed by atoms with Crippen LogP contribution in [0, 0.1) is 17.8 Å².